The number of methoxy groups -OCH3 is 1. The van der Waals surface area contributed by atoms with Crippen LogP contribution < -0.4 is 5.32 Å². The van der Waals surface area contributed by atoms with Crippen LogP contribution in [0.25, 0.3) is 0 Å². The van der Waals surface area contributed by atoms with E-state index in [1.165, 1.54) is 6.26 Å². The summed E-state index contributed by atoms with van der Waals surface area (Å²) in [5.74, 6) is 0. The van der Waals surface area contributed by atoms with E-state index in [-0.39, 0.29) is 10.7 Å². The first-order valence-electron chi connectivity index (χ1n) is 7.23. The van der Waals surface area contributed by atoms with E-state index >= 15 is 0 Å². The smallest absolute Gasteiger partial charge is 0.150 e. The minimum absolute atomic E-state index is 0.146. The third kappa shape index (κ3) is 3.14. The second-order valence-electron chi connectivity index (χ2n) is 6.82. The molecule has 0 spiro atoms. The van der Waals surface area contributed by atoms with Crippen LogP contribution in [0.4, 0.5) is 0 Å². The quantitative estimate of drug-likeness (QED) is 0.856. The Hall–Kier alpha value is -0.130. The molecule has 0 saturated heterocycles. The van der Waals surface area contributed by atoms with Crippen molar-refractivity contribution in [3.63, 3.8) is 0 Å². The summed E-state index contributed by atoms with van der Waals surface area (Å²) in [5, 5.41) is 3.51. The van der Waals surface area contributed by atoms with Crippen molar-refractivity contribution in [1.29, 1.82) is 0 Å². The largest absolute Gasteiger partial charge is 0.381 e. The molecular formula is C14H27NO3S. The van der Waals surface area contributed by atoms with Gasteiger partial charge >= 0.3 is 0 Å². The first-order chi connectivity index (χ1) is 8.75. The van der Waals surface area contributed by atoms with Crippen molar-refractivity contribution >= 4 is 9.84 Å². The molecule has 1 N–H and O–H groups in total. The highest BCUT2D eigenvalue weighted by Gasteiger charge is 2.49. The Labute approximate surface area is 117 Å². The molecule has 0 aliphatic heterocycles. The second kappa shape index (κ2) is 5.34. The molecule has 0 heterocycles. The van der Waals surface area contributed by atoms with Gasteiger partial charge < -0.3 is 10.1 Å². The summed E-state index contributed by atoms with van der Waals surface area (Å²) in [6, 6.07) is 0.788. The van der Waals surface area contributed by atoms with Crippen LogP contribution >= 0.6 is 0 Å². The normalized spacial score (nSPS) is 38.7. The average molecular weight is 289 g/mol. The molecule has 2 fully saturated rings. The van der Waals surface area contributed by atoms with Crippen molar-refractivity contribution in [3.8, 4) is 0 Å². The fourth-order valence-corrected chi connectivity index (χ4v) is 4.71. The first-order valence-corrected chi connectivity index (χ1v) is 9.18. The number of ether oxygens (including phenoxy) is 1. The summed E-state index contributed by atoms with van der Waals surface area (Å²) in [7, 11) is -1.13. The summed E-state index contributed by atoms with van der Waals surface area (Å²) in [5.41, 5.74) is 0.146. The monoisotopic (exact) mass is 289 g/mol. The van der Waals surface area contributed by atoms with Crippen molar-refractivity contribution < 1.29 is 13.2 Å². The Bertz CT molecular complexity index is 418. The van der Waals surface area contributed by atoms with Gasteiger partial charge in [-0.3, -0.25) is 0 Å². The summed E-state index contributed by atoms with van der Waals surface area (Å²) >= 11 is 0. The molecule has 2 saturated carbocycles. The number of hydrogen-bond donors (Lipinski definition) is 1. The SMILES string of the molecule is COC1CC(NC2CCCC(S(C)(=O)=O)C2)C1(C)C. The number of sulfone groups is 1. The second-order valence-corrected chi connectivity index (χ2v) is 9.14. The van der Waals surface area contributed by atoms with Gasteiger partial charge in [0.15, 0.2) is 0 Å². The van der Waals surface area contributed by atoms with Gasteiger partial charge in [0.05, 0.1) is 11.4 Å². The van der Waals surface area contributed by atoms with Gasteiger partial charge in [-0.15, -0.1) is 0 Å². The third-order valence-corrected chi connectivity index (χ3v) is 6.77. The molecular weight excluding hydrogens is 262 g/mol. The van der Waals surface area contributed by atoms with E-state index in [0.29, 0.717) is 18.2 Å². The lowest BCUT2D eigenvalue weighted by molar-refractivity contribution is -0.101. The van der Waals surface area contributed by atoms with E-state index in [2.05, 4.69) is 19.2 Å². The highest BCUT2D eigenvalue weighted by Crippen LogP contribution is 2.43. The van der Waals surface area contributed by atoms with Gasteiger partial charge in [-0.2, -0.15) is 0 Å². The first kappa shape index (κ1) is 15.3. The maximum Gasteiger partial charge on any atom is 0.150 e. The van der Waals surface area contributed by atoms with Gasteiger partial charge in [0.2, 0.25) is 0 Å². The molecule has 112 valence electrons. The van der Waals surface area contributed by atoms with Gasteiger partial charge in [0, 0.05) is 30.9 Å². The van der Waals surface area contributed by atoms with Gasteiger partial charge in [-0.1, -0.05) is 20.3 Å². The molecule has 4 nitrogen and oxygen atoms in total. The van der Waals surface area contributed by atoms with E-state index in [1.807, 2.05) is 0 Å². The molecule has 0 amide bonds. The Kier molecular flexibility index (Phi) is 4.29. The summed E-state index contributed by atoms with van der Waals surface area (Å²) in [4.78, 5) is 0. The zero-order valence-corrected chi connectivity index (χ0v) is 13.3. The number of nitrogens with one attached hydrogen (secondary N) is 1. The Balaban J connectivity index is 1.91. The standard InChI is InChI=1S/C14H27NO3S/c1-14(2)12(9-13(14)18-3)15-10-6-5-7-11(8-10)19(4,16)17/h10-13,15H,5-9H2,1-4H3. The lowest BCUT2D eigenvalue weighted by Crippen LogP contribution is -2.63. The molecule has 19 heavy (non-hydrogen) atoms. The van der Waals surface area contributed by atoms with E-state index in [0.717, 1.165) is 32.1 Å². The molecule has 2 aliphatic carbocycles. The average Bonchev–Trinajstić information content (AvgIpc) is 2.33. The van der Waals surface area contributed by atoms with E-state index < -0.39 is 9.84 Å². The molecule has 4 atom stereocenters. The van der Waals surface area contributed by atoms with Gasteiger partial charge in [-0.05, 0) is 25.7 Å². The van der Waals surface area contributed by atoms with Crippen molar-refractivity contribution in [2.75, 3.05) is 13.4 Å². The predicted octanol–water partition coefficient (Wildman–Crippen LogP) is 1.75. The van der Waals surface area contributed by atoms with E-state index in [4.69, 9.17) is 4.74 Å². The molecule has 0 aromatic carbocycles. The zero-order chi connectivity index (χ0) is 14.3. The summed E-state index contributed by atoms with van der Waals surface area (Å²) in [6.45, 7) is 4.44. The molecule has 0 aromatic rings. The number of rotatable bonds is 4. The maximum atomic E-state index is 11.7. The zero-order valence-electron chi connectivity index (χ0n) is 12.5. The van der Waals surface area contributed by atoms with E-state index in [1.54, 1.807) is 7.11 Å². The maximum absolute atomic E-state index is 11.7. The minimum Gasteiger partial charge on any atom is -0.381 e. The van der Waals surface area contributed by atoms with Gasteiger partial charge in [0.1, 0.15) is 9.84 Å². The van der Waals surface area contributed by atoms with Crippen LogP contribution in [-0.4, -0.2) is 45.2 Å². The highest BCUT2D eigenvalue weighted by atomic mass is 32.2. The fourth-order valence-electron chi connectivity index (χ4n) is 3.54. The van der Waals surface area contributed by atoms with E-state index in [9.17, 15) is 8.42 Å². The third-order valence-electron chi connectivity index (χ3n) is 5.13. The van der Waals surface area contributed by atoms with Crippen LogP contribution in [-0.2, 0) is 14.6 Å². The van der Waals surface area contributed by atoms with Gasteiger partial charge in [-0.25, -0.2) is 8.42 Å². The Morgan fingerprint density at radius 2 is 1.89 bits per heavy atom. The molecule has 4 unspecified atom stereocenters. The molecule has 2 aliphatic rings. The Morgan fingerprint density at radius 1 is 1.21 bits per heavy atom. The van der Waals surface area contributed by atoms with Crippen LogP contribution in [0, 0.1) is 5.41 Å². The molecule has 0 radical (unpaired) electrons. The minimum atomic E-state index is -2.89. The van der Waals surface area contributed by atoms with Crippen LogP contribution in [0.5, 0.6) is 0 Å². The van der Waals surface area contributed by atoms with Crippen molar-refractivity contribution in [2.24, 2.45) is 5.41 Å². The van der Waals surface area contributed by atoms with Crippen molar-refractivity contribution in [3.05, 3.63) is 0 Å². The van der Waals surface area contributed by atoms with Crippen LogP contribution in [0.15, 0.2) is 0 Å². The van der Waals surface area contributed by atoms with Gasteiger partial charge in [0.25, 0.3) is 0 Å². The van der Waals surface area contributed by atoms with Crippen LogP contribution in [0.1, 0.15) is 46.0 Å². The van der Waals surface area contributed by atoms with Crippen LogP contribution in [0.2, 0.25) is 0 Å². The Morgan fingerprint density at radius 3 is 2.42 bits per heavy atom. The number of hydrogen-bond acceptors (Lipinski definition) is 4. The molecule has 2 rings (SSSR count). The molecule has 0 bridgehead atoms. The summed E-state index contributed by atoms with van der Waals surface area (Å²) < 4.78 is 28.8. The predicted molar refractivity (Wildman–Crippen MR) is 77.0 cm³/mol. The molecule has 0 aromatic heterocycles. The summed E-state index contributed by atoms with van der Waals surface area (Å²) in [6.07, 6.45) is 6.42. The van der Waals surface area contributed by atoms with Crippen molar-refractivity contribution in [1.82, 2.24) is 5.32 Å². The topological polar surface area (TPSA) is 55.4 Å². The fraction of sp³-hybridized carbons (Fsp3) is 1.00. The molecule has 5 heteroatoms. The van der Waals surface area contributed by atoms with Crippen molar-refractivity contribution in [2.45, 2.75) is 69.4 Å². The van der Waals surface area contributed by atoms with Crippen LogP contribution in [0.3, 0.4) is 0 Å². The highest BCUT2D eigenvalue weighted by molar-refractivity contribution is 7.91. The lowest BCUT2D eigenvalue weighted by atomic mass is 9.64. The lowest BCUT2D eigenvalue weighted by Gasteiger charge is -2.53.